The van der Waals surface area contributed by atoms with Crippen LogP contribution in [0.3, 0.4) is 0 Å². The zero-order chi connectivity index (χ0) is 18.6. The van der Waals surface area contributed by atoms with Crippen molar-refractivity contribution in [3.05, 3.63) is 17.0 Å². The molecule has 1 aromatic rings. The molecular weight excluding hydrogens is 368 g/mol. The van der Waals surface area contributed by atoms with E-state index in [1.807, 2.05) is 6.92 Å². The topological polar surface area (TPSA) is 113 Å². The Bertz CT molecular complexity index is 730. The van der Waals surface area contributed by atoms with Gasteiger partial charge in [0.25, 0.3) is 10.0 Å². The summed E-state index contributed by atoms with van der Waals surface area (Å²) in [4.78, 5) is 24.4. The van der Waals surface area contributed by atoms with Crippen LogP contribution in [0.15, 0.2) is 16.3 Å². The number of ether oxygens (including phenoxy) is 1. The second-order valence-electron chi connectivity index (χ2n) is 5.92. The number of nitrogens with one attached hydrogen (secondary N) is 1. The first kappa shape index (κ1) is 19.8. The van der Waals surface area contributed by atoms with Gasteiger partial charge in [0, 0.05) is 25.1 Å². The van der Waals surface area contributed by atoms with Gasteiger partial charge in [0.1, 0.15) is 4.21 Å². The largest absolute Gasteiger partial charge is 0.480 e. The van der Waals surface area contributed by atoms with E-state index in [-0.39, 0.29) is 17.4 Å². The lowest BCUT2D eigenvalue weighted by molar-refractivity contribution is -0.144. The van der Waals surface area contributed by atoms with Gasteiger partial charge in [-0.15, -0.1) is 11.3 Å². The van der Waals surface area contributed by atoms with Crippen molar-refractivity contribution in [2.45, 2.75) is 30.0 Å². The highest BCUT2D eigenvalue weighted by Gasteiger charge is 2.35. The Hall–Kier alpha value is -1.49. The van der Waals surface area contributed by atoms with Crippen LogP contribution in [0.5, 0.6) is 0 Å². The third kappa shape index (κ3) is 4.78. The van der Waals surface area contributed by atoms with Crippen molar-refractivity contribution in [3.63, 3.8) is 0 Å². The van der Waals surface area contributed by atoms with E-state index in [0.717, 1.165) is 4.88 Å². The van der Waals surface area contributed by atoms with Crippen molar-refractivity contribution < 1.29 is 27.9 Å². The first-order valence-corrected chi connectivity index (χ1v) is 10.1. The summed E-state index contributed by atoms with van der Waals surface area (Å²) in [5.74, 6) is -2.24. The number of aryl methyl sites for hydroxylation is 1. The molecule has 1 aliphatic rings. The van der Waals surface area contributed by atoms with E-state index < -0.39 is 33.9 Å². The normalized spacial score (nSPS) is 20.2. The molecule has 0 saturated carbocycles. The fraction of sp³-hybridized carbons (Fsp3) is 0.600. The predicted octanol–water partition coefficient (Wildman–Crippen LogP) is 0.673. The van der Waals surface area contributed by atoms with Crippen LogP contribution in [0.25, 0.3) is 0 Å². The molecule has 1 saturated heterocycles. The van der Waals surface area contributed by atoms with Crippen molar-refractivity contribution in [1.82, 2.24) is 9.62 Å². The molecule has 2 N–H and O–H groups in total. The number of methoxy groups -OCH3 is 1. The number of sulfonamides is 1. The van der Waals surface area contributed by atoms with Crippen LogP contribution in [-0.4, -0.2) is 62.6 Å². The lowest BCUT2D eigenvalue weighted by Crippen LogP contribution is -2.50. The highest BCUT2D eigenvalue weighted by atomic mass is 32.2. The maximum Gasteiger partial charge on any atom is 0.328 e. The summed E-state index contributed by atoms with van der Waals surface area (Å²) in [6, 6.07) is 2.16. The van der Waals surface area contributed by atoms with Crippen LogP contribution in [0.1, 0.15) is 17.7 Å². The van der Waals surface area contributed by atoms with Crippen LogP contribution in [0.4, 0.5) is 0 Å². The first-order chi connectivity index (χ1) is 11.8. The molecule has 1 aromatic heterocycles. The lowest BCUT2D eigenvalue weighted by Gasteiger charge is -2.31. The monoisotopic (exact) mass is 390 g/mol. The van der Waals surface area contributed by atoms with E-state index in [1.54, 1.807) is 12.1 Å². The van der Waals surface area contributed by atoms with Crippen molar-refractivity contribution >= 4 is 33.2 Å². The second kappa shape index (κ2) is 8.26. The highest BCUT2D eigenvalue weighted by molar-refractivity contribution is 7.91. The van der Waals surface area contributed by atoms with Crippen LogP contribution in [-0.2, 0) is 24.3 Å². The molecule has 10 heteroatoms. The molecule has 140 valence electrons. The van der Waals surface area contributed by atoms with Gasteiger partial charge < -0.3 is 15.2 Å². The SMILES string of the molecule is COCC(NC(=O)C1CCCN(S(=O)(=O)c2ccc(C)s2)C1)C(=O)O. The Morgan fingerprint density at radius 3 is 2.76 bits per heavy atom. The van der Waals surface area contributed by atoms with E-state index in [2.05, 4.69) is 5.32 Å². The van der Waals surface area contributed by atoms with Gasteiger partial charge in [0.2, 0.25) is 5.91 Å². The van der Waals surface area contributed by atoms with Gasteiger partial charge >= 0.3 is 5.97 Å². The third-order valence-electron chi connectivity index (χ3n) is 4.01. The molecule has 25 heavy (non-hydrogen) atoms. The molecule has 2 heterocycles. The van der Waals surface area contributed by atoms with Gasteiger partial charge in [0.05, 0.1) is 12.5 Å². The number of hydrogen-bond acceptors (Lipinski definition) is 6. The van der Waals surface area contributed by atoms with Crippen molar-refractivity contribution in [1.29, 1.82) is 0 Å². The van der Waals surface area contributed by atoms with Gasteiger partial charge in [0.15, 0.2) is 6.04 Å². The van der Waals surface area contributed by atoms with Crippen molar-refractivity contribution in [2.75, 3.05) is 26.8 Å². The quantitative estimate of drug-likeness (QED) is 0.708. The molecule has 2 rings (SSSR count). The average Bonchev–Trinajstić information content (AvgIpc) is 3.01. The molecule has 1 fully saturated rings. The molecule has 8 nitrogen and oxygen atoms in total. The van der Waals surface area contributed by atoms with Crippen LogP contribution in [0.2, 0.25) is 0 Å². The summed E-state index contributed by atoms with van der Waals surface area (Å²) in [6.07, 6.45) is 1.06. The molecule has 0 bridgehead atoms. The van der Waals surface area contributed by atoms with E-state index in [1.165, 1.54) is 22.8 Å². The minimum atomic E-state index is -3.63. The van der Waals surface area contributed by atoms with Crippen molar-refractivity contribution in [3.8, 4) is 0 Å². The molecule has 1 amide bonds. The Labute approximate surface area is 150 Å². The predicted molar refractivity (Wildman–Crippen MR) is 92.0 cm³/mol. The van der Waals surface area contributed by atoms with Gasteiger partial charge in [-0.3, -0.25) is 4.79 Å². The Morgan fingerprint density at radius 2 is 2.20 bits per heavy atom. The maximum atomic E-state index is 12.7. The van der Waals surface area contributed by atoms with E-state index >= 15 is 0 Å². The number of carbonyl (C=O) groups excluding carboxylic acids is 1. The second-order valence-corrected chi connectivity index (χ2v) is 9.37. The number of hydrogen-bond donors (Lipinski definition) is 2. The van der Waals surface area contributed by atoms with Crippen LogP contribution < -0.4 is 5.32 Å². The zero-order valence-electron chi connectivity index (χ0n) is 14.1. The molecule has 0 spiro atoms. The van der Waals surface area contributed by atoms with Gasteiger partial charge in [-0.2, -0.15) is 4.31 Å². The molecule has 2 unspecified atom stereocenters. The lowest BCUT2D eigenvalue weighted by atomic mass is 9.98. The average molecular weight is 390 g/mol. The molecule has 1 aliphatic heterocycles. The molecular formula is C15H22N2O6S2. The minimum absolute atomic E-state index is 0.0461. The molecule has 0 aliphatic carbocycles. The van der Waals surface area contributed by atoms with E-state index in [0.29, 0.717) is 19.4 Å². The minimum Gasteiger partial charge on any atom is -0.480 e. The number of carbonyl (C=O) groups is 2. The number of amides is 1. The summed E-state index contributed by atoms with van der Waals surface area (Å²) in [5, 5.41) is 11.5. The summed E-state index contributed by atoms with van der Waals surface area (Å²) in [5.41, 5.74) is 0. The molecule has 0 aromatic carbocycles. The third-order valence-corrected chi connectivity index (χ3v) is 7.35. The number of aliphatic carboxylic acids is 1. The maximum absolute atomic E-state index is 12.7. The Morgan fingerprint density at radius 1 is 1.48 bits per heavy atom. The summed E-state index contributed by atoms with van der Waals surface area (Å²) >= 11 is 1.19. The van der Waals surface area contributed by atoms with Crippen LogP contribution >= 0.6 is 11.3 Å². The first-order valence-electron chi connectivity index (χ1n) is 7.84. The number of rotatable bonds is 7. The summed E-state index contributed by atoms with van der Waals surface area (Å²) in [6.45, 7) is 2.08. The molecule has 2 atom stereocenters. The smallest absolute Gasteiger partial charge is 0.328 e. The Balaban J connectivity index is 2.07. The number of carboxylic acid groups (broad SMARTS) is 1. The number of carboxylic acids is 1. The van der Waals surface area contributed by atoms with Gasteiger partial charge in [-0.05, 0) is 31.9 Å². The summed E-state index contributed by atoms with van der Waals surface area (Å²) < 4.78 is 31.7. The number of piperidine rings is 1. The fourth-order valence-corrected chi connectivity index (χ4v) is 5.65. The van der Waals surface area contributed by atoms with E-state index in [9.17, 15) is 18.0 Å². The molecule has 0 radical (unpaired) electrons. The van der Waals surface area contributed by atoms with Gasteiger partial charge in [-0.25, -0.2) is 13.2 Å². The van der Waals surface area contributed by atoms with Crippen LogP contribution in [0, 0.1) is 12.8 Å². The fourth-order valence-electron chi connectivity index (χ4n) is 2.68. The zero-order valence-corrected chi connectivity index (χ0v) is 15.7. The number of nitrogens with zero attached hydrogens (tertiary/aromatic N) is 1. The highest BCUT2D eigenvalue weighted by Crippen LogP contribution is 2.28. The van der Waals surface area contributed by atoms with Gasteiger partial charge in [-0.1, -0.05) is 0 Å². The number of thiophene rings is 1. The van der Waals surface area contributed by atoms with Crippen molar-refractivity contribution in [2.24, 2.45) is 5.92 Å². The standard InChI is InChI=1S/C15H22N2O6S2/c1-10-5-6-13(24-10)25(21,22)17-7-3-4-11(8-17)14(18)16-12(9-23-2)15(19)20/h5-6,11-12H,3-4,7-9H2,1-2H3,(H,16,18)(H,19,20). The summed E-state index contributed by atoms with van der Waals surface area (Å²) in [7, 11) is -2.28. The Kier molecular flexibility index (Phi) is 6.55. The van der Waals surface area contributed by atoms with E-state index in [4.69, 9.17) is 9.84 Å².